The van der Waals surface area contributed by atoms with Crippen LogP contribution in [0.2, 0.25) is 5.02 Å². The van der Waals surface area contributed by atoms with Crippen LogP contribution in [0.4, 0.5) is 0 Å². The molecule has 0 aliphatic carbocycles. The van der Waals surface area contributed by atoms with E-state index in [1.54, 1.807) is 13.4 Å². The topological polar surface area (TPSA) is 57.8 Å². The van der Waals surface area contributed by atoms with Gasteiger partial charge in [-0.3, -0.25) is 0 Å². The predicted octanol–water partition coefficient (Wildman–Crippen LogP) is 5.70. The van der Waals surface area contributed by atoms with E-state index >= 15 is 0 Å². The molecule has 0 bridgehead atoms. The average molecular weight is 460 g/mol. The van der Waals surface area contributed by atoms with Crippen molar-refractivity contribution >= 4 is 23.8 Å². The molecule has 168 valence electrons. The van der Waals surface area contributed by atoms with Crippen LogP contribution in [0.5, 0.6) is 5.75 Å². The molecular weight excluding hydrogens is 434 g/mol. The Morgan fingerprint density at radius 1 is 1.09 bits per heavy atom. The predicted molar refractivity (Wildman–Crippen MR) is 131 cm³/mol. The number of benzene rings is 2. The summed E-state index contributed by atoms with van der Waals surface area (Å²) in [5.41, 5.74) is 3.97. The normalized spacial score (nSPS) is 17.9. The van der Waals surface area contributed by atoms with E-state index in [1.165, 1.54) is 5.56 Å². The quantitative estimate of drug-likeness (QED) is 0.384. The van der Waals surface area contributed by atoms with Gasteiger partial charge in [-0.1, -0.05) is 35.9 Å². The maximum Gasteiger partial charge on any atom is 0.156 e. The van der Waals surface area contributed by atoms with Crippen molar-refractivity contribution in [2.75, 3.05) is 7.11 Å². The summed E-state index contributed by atoms with van der Waals surface area (Å²) in [5.74, 6) is 2.64. The molecule has 0 amide bonds. The number of halogens is 1. The number of hydrogen-bond acceptors (Lipinski definition) is 4. The van der Waals surface area contributed by atoms with Crippen LogP contribution in [0.3, 0.4) is 0 Å². The van der Waals surface area contributed by atoms with Crippen LogP contribution in [0.25, 0.3) is 17.8 Å². The molecule has 0 radical (unpaired) electrons. The maximum absolute atomic E-state index is 6.11. The Morgan fingerprint density at radius 2 is 1.91 bits per heavy atom. The fourth-order valence-electron chi connectivity index (χ4n) is 4.60. The molecule has 3 heterocycles. The van der Waals surface area contributed by atoms with Gasteiger partial charge in [0.15, 0.2) is 5.82 Å². The third kappa shape index (κ3) is 3.95. The van der Waals surface area contributed by atoms with Crippen LogP contribution in [0, 0.1) is 6.92 Å². The summed E-state index contributed by atoms with van der Waals surface area (Å²) in [4.78, 5) is 4.31. The first kappa shape index (κ1) is 21.5. The molecular formula is C26H26ClN5O. The van der Waals surface area contributed by atoms with Crippen molar-refractivity contribution in [1.82, 2.24) is 24.3 Å². The Labute approximate surface area is 198 Å². The van der Waals surface area contributed by atoms with Gasteiger partial charge in [0.1, 0.15) is 11.6 Å². The third-order valence-corrected chi connectivity index (χ3v) is 6.68. The molecule has 33 heavy (non-hydrogen) atoms. The smallest absolute Gasteiger partial charge is 0.156 e. The van der Waals surface area contributed by atoms with Crippen molar-refractivity contribution in [1.29, 1.82) is 0 Å². The SMILES string of the molecule is COc1cc(/C=C/c2nnc3n2CCC[C@@]3(C)c2ccc(Cl)cc2)ccc1-n1cnc(C)c1. The Hall–Kier alpha value is -3.38. The minimum Gasteiger partial charge on any atom is -0.495 e. The van der Waals surface area contributed by atoms with E-state index in [0.717, 1.165) is 58.8 Å². The van der Waals surface area contributed by atoms with E-state index in [-0.39, 0.29) is 5.41 Å². The van der Waals surface area contributed by atoms with Crippen LogP contribution in [0.15, 0.2) is 55.0 Å². The van der Waals surface area contributed by atoms with Gasteiger partial charge in [-0.15, -0.1) is 10.2 Å². The first-order chi connectivity index (χ1) is 16.0. The number of hydrogen-bond donors (Lipinski definition) is 0. The van der Waals surface area contributed by atoms with Crippen LogP contribution in [0.1, 0.15) is 48.2 Å². The Kier molecular flexibility index (Phi) is 5.54. The fourth-order valence-corrected chi connectivity index (χ4v) is 4.72. The van der Waals surface area contributed by atoms with Crippen LogP contribution in [-0.4, -0.2) is 31.4 Å². The molecule has 0 fully saturated rings. The van der Waals surface area contributed by atoms with Gasteiger partial charge in [0.05, 0.1) is 30.2 Å². The number of ether oxygens (including phenoxy) is 1. The number of rotatable bonds is 5. The lowest BCUT2D eigenvalue weighted by Gasteiger charge is -2.34. The third-order valence-electron chi connectivity index (χ3n) is 6.43. The van der Waals surface area contributed by atoms with Crippen LogP contribution >= 0.6 is 11.6 Å². The monoisotopic (exact) mass is 459 g/mol. The fraction of sp³-hybridized carbons (Fsp3) is 0.269. The van der Waals surface area contributed by atoms with Crippen molar-refractivity contribution in [3.05, 3.63) is 88.5 Å². The first-order valence-electron chi connectivity index (χ1n) is 11.0. The molecule has 0 saturated heterocycles. The zero-order valence-corrected chi connectivity index (χ0v) is 19.8. The number of nitrogens with zero attached hydrogens (tertiary/aromatic N) is 5. The van der Waals surface area contributed by atoms with E-state index in [2.05, 4.69) is 50.9 Å². The van der Waals surface area contributed by atoms with Gasteiger partial charge < -0.3 is 13.9 Å². The molecule has 0 spiro atoms. The summed E-state index contributed by atoms with van der Waals surface area (Å²) < 4.78 is 9.83. The lowest BCUT2D eigenvalue weighted by atomic mass is 9.76. The lowest BCUT2D eigenvalue weighted by molar-refractivity contribution is 0.375. The van der Waals surface area contributed by atoms with Gasteiger partial charge >= 0.3 is 0 Å². The first-order valence-corrected chi connectivity index (χ1v) is 11.4. The summed E-state index contributed by atoms with van der Waals surface area (Å²) in [6.07, 6.45) is 9.95. The second-order valence-corrected chi connectivity index (χ2v) is 9.10. The molecule has 0 unspecified atom stereocenters. The van der Waals surface area contributed by atoms with Gasteiger partial charge in [-0.05, 0) is 68.2 Å². The molecule has 1 atom stereocenters. The van der Waals surface area contributed by atoms with Crippen molar-refractivity contribution < 1.29 is 4.74 Å². The average Bonchev–Trinajstić information content (AvgIpc) is 3.45. The summed E-state index contributed by atoms with van der Waals surface area (Å²) in [5, 5.41) is 9.87. The molecule has 0 saturated carbocycles. The summed E-state index contributed by atoms with van der Waals surface area (Å²) in [6.45, 7) is 5.12. The Balaban J connectivity index is 1.45. The lowest BCUT2D eigenvalue weighted by Crippen LogP contribution is -2.32. The minimum absolute atomic E-state index is 0.185. The van der Waals surface area contributed by atoms with Gasteiger partial charge in [-0.25, -0.2) is 4.98 Å². The number of fused-ring (bicyclic) bond motifs is 1. The van der Waals surface area contributed by atoms with Crippen LogP contribution in [-0.2, 0) is 12.0 Å². The van der Waals surface area contributed by atoms with E-state index < -0.39 is 0 Å². The summed E-state index contributed by atoms with van der Waals surface area (Å²) >= 11 is 6.11. The summed E-state index contributed by atoms with van der Waals surface area (Å²) in [6, 6.07) is 14.2. The highest BCUT2D eigenvalue weighted by atomic mass is 35.5. The van der Waals surface area contributed by atoms with Crippen LogP contribution < -0.4 is 4.74 Å². The Bertz CT molecular complexity index is 1320. The molecule has 2 aromatic heterocycles. The van der Waals surface area contributed by atoms with Gasteiger partial charge in [0.2, 0.25) is 0 Å². The highest BCUT2D eigenvalue weighted by molar-refractivity contribution is 6.30. The number of aromatic nitrogens is 5. The largest absolute Gasteiger partial charge is 0.495 e. The Morgan fingerprint density at radius 3 is 2.64 bits per heavy atom. The van der Waals surface area contributed by atoms with E-state index in [4.69, 9.17) is 16.3 Å². The van der Waals surface area contributed by atoms with Gasteiger partial charge in [0, 0.05) is 17.8 Å². The molecule has 1 aliphatic heterocycles. The highest BCUT2D eigenvalue weighted by Gasteiger charge is 2.37. The van der Waals surface area contributed by atoms with E-state index in [0.29, 0.717) is 0 Å². The molecule has 0 N–H and O–H groups in total. The van der Waals surface area contributed by atoms with Gasteiger partial charge in [-0.2, -0.15) is 0 Å². The van der Waals surface area contributed by atoms with Crippen molar-refractivity contribution in [2.24, 2.45) is 0 Å². The molecule has 1 aliphatic rings. The van der Waals surface area contributed by atoms with E-state index in [9.17, 15) is 0 Å². The number of aryl methyl sites for hydroxylation is 1. The van der Waals surface area contributed by atoms with Crippen molar-refractivity contribution in [3.8, 4) is 11.4 Å². The number of imidazole rings is 1. The molecule has 5 rings (SSSR count). The number of methoxy groups -OCH3 is 1. The molecule has 7 heteroatoms. The standard InChI is InChI=1S/C26H26ClN5O/c1-18-16-31(17-28-18)22-11-5-19(15-23(22)33-3)6-12-24-29-30-25-26(2,13-4-14-32(24)25)20-7-9-21(27)10-8-20/h5-12,15-17H,4,13-14H2,1-3H3/b12-6+/t26-/m0/s1. The molecule has 6 nitrogen and oxygen atoms in total. The van der Waals surface area contributed by atoms with Gasteiger partial charge in [0.25, 0.3) is 0 Å². The zero-order valence-electron chi connectivity index (χ0n) is 19.0. The molecule has 4 aromatic rings. The second-order valence-electron chi connectivity index (χ2n) is 8.66. The van der Waals surface area contributed by atoms with E-state index in [1.807, 2.05) is 48.0 Å². The summed E-state index contributed by atoms with van der Waals surface area (Å²) in [7, 11) is 1.68. The maximum atomic E-state index is 6.11. The molecule has 2 aromatic carbocycles. The zero-order chi connectivity index (χ0) is 23.0. The van der Waals surface area contributed by atoms with Crippen molar-refractivity contribution in [3.63, 3.8) is 0 Å². The second kappa shape index (κ2) is 8.52. The minimum atomic E-state index is -0.185. The highest BCUT2D eigenvalue weighted by Crippen LogP contribution is 2.39. The van der Waals surface area contributed by atoms with Crippen molar-refractivity contribution in [2.45, 2.75) is 38.6 Å².